The van der Waals surface area contributed by atoms with Crippen LogP contribution in [-0.2, 0) is 16.1 Å². The quantitative estimate of drug-likeness (QED) is 0.625. The van der Waals surface area contributed by atoms with Crippen LogP contribution in [0.3, 0.4) is 0 Å². The van der Waals surface area contributed by atoms with Crippen LogP contribution in [0.2, 0.25) is 5.02 Å². The molecule has 2 heterocycles. The maximum Gasteiger partial charge on any atom is 0.240 e. The van der Waals surface area contributed by atoms with E-state index < -0.39 is 0 Å². The van der Waals surface area contributed by atoms with Gasteiger partial charge in [-0.15, -0.1) is 0 Å². The number of amides is 2. The van der Waals surface area contributed by atoms with Crippen LogP contribution in [-0.4, -0.2) is 29.1 Å². The summed E-state index contributed by atoms with van der Waals surface area (Å²) in [5, 5.41) is 3.49. The lowest BCUT2D eigenvalue weighted by Gasteiger charge is -2.20. The van der Waals surface area contributed by atoms with Crippen LogP contribution in [0, 0.1) is 13.8 Å². The van der Waals surface area contributed by atoms with Crippen molar-refractivity contribution < 1.29 is 9.59 Å². The maximum atomic E-state index is 13.2. The molecule has 0 aliphatic carbocycles. The Labute approximate surface area is 192 Å². The number of pyridine rings is 1. The van der Waals surface area contributed by atoms with Crippen molar-refractivity contribution in [1.29, 1.82) is 0 Å². The molecule has 4 rings (SSSR count). The Morgan fingerprint density at radius 1 is 1.09 bits per heavy atom. The number of hydrogen-bond acceptors (Lipinski definition) is 4. The van der Waals surface area contributed by atoms with Gasteiger partial charge in [-0.25, -0.2) is 9.98 Å². The maximum absolute atomic E-state index is 13.2. The molecular formula is C25H23ClN4O2. The van der Waals surface area contributed by atoms with Crippen LogP contribution in [0.1, 0.15) is 28.7 Å². The van der Waals surface area contributed by atoms with Gasteiger partial charge in [-0.2, -0.15) is 0 Å². The van der Waals surface area contributed by atoms with E-state index in [2.05, 4.69) is 10.3 Å². The van der Waals surface area contributed by atoms with E-state index in [1.807, 2.05) is 44.2 Å². The van der Waals surface area contributed by atoms with Crippen LogP contribution < -0.4 is 10.2 Å². The molecule has 2 amide bonds. The molecule has 7 heteroatoms. The monoisotopic (exact) mass is 446 g/mol. The molecule has 0 saturated carbocycles. The number of carbonyl (C=O) groups excluding carboxylic acids is 2. The fraction of sp³-hybridized carbons (Fsp3) is 0.200. The number of halogens is 1. The average molecular weight is 447 g/mol. The standard InChI is InChI=1S/C25H23ClN4O2/c1-16-5-8-19(12-17(16)2)22-13-24(32)30(25-21(29-22)4-3-11-27-25)15-23(31)28-14-18-6-9-20(26)10-7-18/h3-12H,13-15H2,1-2H3,(H,28,31). The van der Waals surface area contributed by atoms with Crippen LogP contribution in [0.25, 0.3) is 0 Å². The Morgan fingerprint density at radius 2 is 1.88 bits per heavy atom. The summed E-state index contributed by atoms with van der Waals surface area (Å²) in [5.41, 5.74) is 5.35. The summed E-state index contributed by atoms with van der Waals surface area (Å²) in [7, 11) is 0. The van der Waals surface area contributed by atoms with Gasteiger partial charge in [0.2, 0.25) is 11.8 Å². The predicted molar refractivity (Wildman–Crippen MR) is 127 cm³/mol. The molecule has 1 aromatic heterocycles. The van der Waals surface area contributed by atoms with Gasteiger partial charge in [-0.3, -0.25) is 14.5 Å². The molecule has 1 aliphatic heterocycles. The number of aliphatic imine (C=N–C) groups is 1. The number of benzene rings is 2. The molecule has 1 N–H and O–H groups in total. The number of fused-ring (bicyclic) bond motifs is 1. The molecule has 162 valence electrons. The molecule has 1 aliphatic rings. The number of rotatable bonds is 5. The highest BCUT2D eigenvalue weighted by Gasteiger charge is 2.27. The number of nitrogens with one attached hydrogen (secondary N) is 1. The molecule has 3 aromatic rings. The van der Waals surface area contributed by atoms with Crippen LogP contribution in [0.15, 0.2) is 65.8 Å². The van der Waals surface area contributed by atoms with Gasteiger partial charge in [0.05, 0.1) is 12.1 Å². The Morgan fingerprint density at radius 3 is 2.62 bits per heavy atom. The number of aryl methyl sites for hydroxylation is 2. The van der Waals surface area contributed by atoms with Crippen molar-refractivity contribution in [2.24, 2.45) is 4.99 Å². The number of hydrogen-bond donors (Lipinski definition) is 1. The molecule has 2 aromatic carbocycles. The van der Waals surface area contributed by atoms with Crippen molar-refractivity contribution in [1.82, 2.24) is 10.3 Å². The fourth-order valence-corrected chi connectivity index (χ4v) is 3.60. The minimum absolute atomic E-state index is 0.0866. The lowest BCUT2D eigenvalue weighted by atomic mass is 10.0. The molecule has 0 fully saturated rings. The summed E-state index contributed by atoms with van der Waals surface area (Å²) >= 11 is 5.91. The summed E-state index contributed by atoms with van der Waals surface area (Å²) < 4.78 is 0. The lowest BCUT2D eigenvalue weighted by Crippen LogP contribution is -2.41. The first kappa shape index (κ1) is 21.7. The van der Waals surface area contributed by atoms with E-state index in [-0.39, 0.29) is 24.8 Å². The van der Waals surface area contributed by atoms with Gasteiger partial charge in [0, 0.05) is 17.8 Å². The van der Waals surface area contributed by atoms with Crippen molar-refractivity contribution in [3.8, 4) is 0 Å². The summed E-state index contributed by atoms with van der Waals surface area (Å²) in [4.78, 5) is 36.3. The third-order valence-corrected chi connectivity index (χ3v) is 5.69. The van der Waals surface area contributed by atoms with E-state index in [1.54, 1.807) is 30.5 Å². The van der Waals surface area contributed by atoms with E-state index in [9.17, 15) is 9.59 Å². The number of anilines is 1. The van der Waals surface area contributed by atoms with Crippen LogP contribution in [0.4, 0.5) is 11.5 Å². The highest BCUT2D eigenvalue weighted by Crippen LogP contribution is 2.31. The third kappa shape index (κ3) is 4.86. The summed E-state index contributed by atoms with van der Waals surface area (Å²) in [6.07, 6.45) is 1.69. The first-order valence-electron chi connectivity index (χ1n) is 10.3. The Balaban J connectivity index is 1.54. The molecule has 0 atom stereocenters. The van der Waals surface area contributed by atoms with Gasteiger partial charge in [0.15, 0.2) is 5.82 Å². The number of carbonyl (C=O) groups is 2. The van der Waals surface area contributed by atoms with E-state index >= 15 is 0 Å². The molecule has 0 bridgehead atoms. The van der Waals surface area contributed by atoms with Gasteiger partial charge in [-0.1, -0.05) is 35.9 Å². The highest BCUT2D eigenvalue weighted by atomic mass is 35.5. The number of nitrogens with zero attached hydrogens (tertiary/aromatic N) is 3. The van der Waals surface area contributed by atoms with Crippen molar-refractivity contribution in [2.45, 2.75) is 26.8 Å². The van der Waals surface area contributed by atoms with E-state index in [0.29, 0.717) is 28.8 Å². The SMILES string of the molecule is Cc1ccc(C2=Nc3cccnc3N(CC(=O)NCc3ccc(Cl)cc3)C(=O)C2)cc1C. The zero-order valence-electron chi connectivity index (χ0n) is 17.9. The first-order chi connectivity index (χ1) is 15.4. The third-order valence-electron chi connectivity index (χ3n) is 5.44. The minimum atomic E-state index is -0.278. The fourth-order valence-electron chi connectivity index (χ4n) is 3.48. The van der Waals surface area contributed by atoms with Gasteiger partial charge >= 0.3 is 0 Å². The average Bonchev–Trinajstić information content (AvgIpc) is 2.92. The second kappa shape index (κ2) is 9.32. The van der Waals surface area contributed by atoms with Crippen molar-refractivity contribution in [3.63, 3.8) is 0 Å². The summed E-state index contributed by atoms with van der Waals surface area (Å²) in [6.45, 7) is 4.29. The topological polar surface area (TPSA) is 74.7 Å². The van der Waals surface area contributed by atoms with Gasteiger partial charge in [-0.05, 0) is 66.4 Å². The zero-order valence-corrected chi connectivity index (χ0v) is 18.7. The van der Waals surface area contributed by atoms with Gasteiger partial charge in [0.25, 0.3) is 0 Å². The van der Waals surface area contributed by atoms with Gasteiger partial charge in [0.1, 0.15) is 12.2 Å². The Bertz CT molecular complexity index is 1200. The largest absolute Gasteiger partial charge is 0.350 e. The van der Waals surface area contributed by atoms with E-state index in [0.717, 1.165) is 16.7 Å². The van der Waals surface area contributed by atoms with Crippen LogP contribution >= 0.6 is 11.6 Å². The molecule has 0 unspecified atom stereocenters. The van der Waals surface area contributed by atoms with Crippen molar-refractivity contribution in [3.05, 3.63) is 88.1 Å². The zero-order chi connectivity index (χ0) is 22.7. The molecule has 0 saturated heterocycles. The lowest BCUT2D eigenvalue weighted by molar-refractivity contribution is -0.123. The van der Waals surface area contributed by atoms with E-state index in [1.165, 1.54) is 10.5 Å². The molecule has 0 radical (unpaired) electrons. The van der Waals surface area contributed by atoms with Crippen molar-refractivity contribution >= 4 is 40.6 Å². The Kier molecular flexibility index (Phi) is 6.32. The molecule has 0 spiro atoms. The van der Waals surface area contributed by atoms with Crippen molar-refractivity contribution in [2.75, 3.05) is 11.4 Å². The molecular weight excluding hydrogens is 424 g/mol. The normalized spacial score (nSPS) is 13.3. The Hall–Kier alpha value is -3.51. The first-order valence-corrected chi connectivity index (χ1v) is 10.7. The second-order valence-corrected chi connectivity index (χ2v) is 8.20. The predicted octanol–water partition coefficient (Wildman–Crippen LogP) is 4.53. The van der Waals surface area contributed by atoms with Gasteiger partial charge < -0.3 is 5.32 Å². The highest BCUT2D eigenvalue weighted by molar-refractivity contribution is 6.30. The minimum Gasteiger partial charge on any atom is -0.350 e. The smallest absolute Gasteiger partial charge is 0.240 e. The molecule has 32 heavy (non-hydrogen) atoms. The summed E-state index contributed by atoms with van der Waals surface area (Å²) in [6, 6.07) is 16.8. The molecule has 6 nitrogen and oxygen atoms in total. The van der Waals surface area contributed by atoms with E-state index in [4.69, 9.17) is 16.6 Å². The van der Waals surface area contributed by atoms with Crippen LogP contribution in [0.5, 0.6) is 0 Å². The summed E-state index contributed by atoms with van der Waals surface area (Å²) in [5.74, 6) is -0.112. The number of aromatic nitrogens is 1. The second-order valence-electron chi connectivity index (χ2n) is 7.76.